The van der Waals surface area contributed by atoms with Crippen molar-refractivity contribution in [1.82, 2.24) is 10.3 Å². The standard InChI is InChI=1S/C10H16N2O2S/c1-8-12-7-9(15-8)6-11-5-3-4-10(13)14-2/h7,11H,3-6H2,1-2H3. The fourth-order valence-corrected chi connectivity index (χ4v) is 1.92. The zero-order chi connectivity index (χ0) is 11.1. The summed E-state index contributed by atoms with van der Waals surface area (Å²) in [6.45, 7) is 3.64. The summed E-state index contributed by atoms with van der Waals surface area (Å²) in [4.78, 5) is 16.2. The minimum atomic E-state index is -0.148. The van der Waals surface area contributed by atoms with E-state index in [0.29, 0.717) is 6.42 Å². The van der Waals surface area contributed by atoms with Gasteiger partial charge in [0.05, 0.1) is 12.1 Å². The highest BCUT2D eigenvalue weighted by molar-refractivity contribution is 7.11. The van der Waals surface area contributed by atoms with Gasteiger partial charge >= 0.3 is 5.97 Å². The van der Waals surface area contributed by atoms with Crippen LogP contribution in [-0.4, -0.2) is 24.6 Å². The maximum Gasteiger partial charge on any atom is 0.305 e. The average Bonchev–Trinajstić information content (AvgIpc) is 2.63. The van der Waals surface area contributed by atoms with Gasteiger partial charge in [-0.05, 0) is 19.9 Å². The number of methoxy groups -OCH3 is 1. The van der Waals surface area contributed by atoms with Crippen LogP contribution >= 0.6 is 11.3 Å². The summed E-state index contributed by atoms with van der Waals surface area (Å²) >= 11 is 1.69. The van der Waals surface area contributed by atoms with Gasteiger partial charge in [-0.15, -0.1) is 11.3 Å². The summed E-state index contributed by atoms with van der Waals surface area (Å²) in [5, 5.41) is 4.34. The molecule has 1 heterocycles. The Bertz CT molecular complexity index is 312. The van der Waals surface area contributed by atoms with Gasteiger partial charge in [0.2, 0.25) is 0 Å². The normalized spacial score (nSPS) is 10.3. The van der Waals surface area contributed by atoms with Crippen molar-refractivity contribution in [3.63, 3.8) is 0 Å². The molecular formula is C10H16N2O2S. The van der Waals surface area contributed by atoms with Gasteiger partial charge in [-0.1, -0.05) is 0 Å². The second kappa shape index (κ2) is 6.53. The van der Waals surface area contributed by atoms with Crippen LogP contribution in [0.1, 0.15) is 22.7 Å². The van der Waals surface area contributed by atoms with Crippen LogP contribution < -0.4 is 5.32 Å². The molecule has 0 amide bonds. The molecular weight excluding hydrogens is 212 g/mol. The van der Waals surface area contributed by atoms with Gasteiger partial charge in [0.1, 0.15) is 0 Å². The molecule has 84 valence electrons. The van der Waals surface area contributed by atoms with E-state index in [0.717, 1.165) is 24.5 Å². The fraction of sp³-hybridized carbons (Fsp3) is 0.600. The summed E-state index contributed by atoms with van der Waals surface area (Å²) < 4.78 is 4.54. The highest BCUT2D eigenvalue weighted by Crippen LogP contribution is 2.10. The van der Waals surface area contributed by atoms with E-state index in [4.69, 9.17) is 0 Å². The Balaban J connectivity index is 2.05. The van der Waals surface area contributed by atoms with Gasteiger partial charge in [0, 0.05) is 24.0 Å². The smallest absolute Gasteiger partial charge is 0.305 e. The second-order valence-electron chi connectivity index (χ2n) is 3.20. The number of esters is 1. The lowest BCUT2D eigenvalue weighted by Crippen LogP contribution is -2.15. The summed E-state index contributed by atoms with van der Waals surface area (Å²) in [6.07, 6.45) is 3.17. The molecule has 0 unspecified atom stereocenters. The zero-order valence-corrected chi connectivity index (χ0v) is 9.89. The number of hydrogen-bond acceptors (Lipinski definition) is 5. The first-order valence-corrected chi connectivity index (χ1v) is 5.73. The molecule has 0 saturated carbocycles. The van der Waals surface area contributed by atoms with E-state index >= 15 is 0 Å². The molecule has 5 heteroatoms. The summed E-state index contributed by atoms with van der Waals surface area (Å²) in [5.41, 5.74) is 0. The summed E-state index contributed by atoms with van der Waals surface area (Å²) in [5.74, 6) is -0.148. The first-order valence-electron chi connectivity index (χ1n) is 4.91. The number of aromatic nitrogens is 1. The molecule has 0 aliphatic rings. The Hall–Kier alpha value is -0.940. The van der Waals surface area contributed by atoms with Gasteiger partial charge in [-0.25, -0.2) is 4.98 Å². The summed E-state index contributed by atoms with van der Waals surface area (Å²) in [6, 6.07) is 0. The molecule has 15 heavy (non-hydrogen) atoms. The largest absolute Gasteiger partial charge is 0.469 e. The van der Waals surface area contributed by atoms with Gasteiger partial charge in [0.15, 0.2) is 0 Å². The van der Waals surface area contributed by atoms with Crippen molar-refractivity contribution in [1.29, 1.82) is 0 Å². The number of nitrogens with one attached hydrogen (secondary N) is 1. The molecule has 4 nitrogen and oxygen atoms in total. The van der Waals surface area contributed by atoms with E-state index in [-0.39, 0.29) is 5.97 Å². The predicted molar refractivity (Wildman–Crippen MR) is 59.8 cm³/mol. The zero-order valence-electron chi connectivity index (χ0n) is 9.08. The minimum Gasteiger partial charge on any atom is -0.469 e. The minimum absolute atomic E-state index is 0.148. The third-order valence-electron chi connectivity index (χ3n) is 1.93. The van der Waals surface area contributed by atoms with Gasteiger partial charge in [-0.2, -0.15) is 0 Å². The molecule has 0 aliphatic heterocycles. The highest BCUT2D eigenvalue weighted by Gasteiger charge is 2.00. The number of thiazole rings is 1. The lowest BCUT2D eigenvalue weighted by molar-refractivity contribution is -0.140. The van der Waals surface area contributed by atoms with Crippen molar-refractivity contribution in [2.45, 2.75) is 26.3 Å². The van der Waals surface area contributed by atoms with Crippen LogP contribution in [0, 0.1) is 6.92 Å². The first kappa shape index (κ1) is 12.1. The van der Waals surface area contributed by atoms with E-state index in [1.54, 1.807) is 11.3 Å². The van der Waals surface area contributed by atoms with E-state index < -0.39 is 0 Å². The Kier molecular flexibility index (Phi) is 5.28. The fourth-order valence-electron chi connectivity index (χ4n) is 1.16. The van der Waals surface area contributed by atoms with Crippen molar-refractivity contribution in [2.24, 2.45) is 0 Å². The van der Waals surface area contributed by atoms with Crippen molar-refractivity contribution in [3.8, 4) is 0 Å². The van der Waals surface area contributed by atoms with Gasteiger partial charge in [-0.3, -0.25) is 4.79 Å². The van der Waals surface area contributed by atoms with E-state index in [1.165, 1.54) is 12.0 Å². The second-order valence-corrected chi connectivity index (χ2v) is 4.52. The number of rotatable bonds is 6. The molecule has 1 aromatic rings. The predicted octanol–water partition coefficient (Wildman–Crippen LogP) is 1.49. The van der Waals surface area contributed by atoms with Crippen LogP contribution in [-0.2, 0) is 16.1 Å². The molecule has 1 aromatic heterocycles. The third-order valence-corrected chi connectivity index (χ3v) is 2.84. The van der Waals surface area contributed by atoms with Crippen molar-refractivity contribution >= 4 is 17.3 Å². The van der Waals surface area contributed by atoms with Crippen molar-refractivity contribution < 1.29 is 9.53 Å². The van der Waals surface area contributed by atoms with E-state index in [9.17, 15) is 4.79 Å². The Morgan fingerprint density at radius 2 is 2.47 bits per heavy atom. The summed E-state index contributed by atoms with van der Waals surface area (Å²) in [7, 11) is 1.41. The maximum absolute atomic E-state index is 10.8. The van der Waals surface area contributed by atoms with Gasteiger partial charge < -0.3 is 10.1 Å². The molecule has 0 spiro atoms. The van der Waals surface area contributed by atoms with Crippen LogP contribution in [0.15, 0.2) is 6.20 Å². The third kappa shape index (κ3) is 4.90. The molecule has 1 rings (SSSR count). The molecule has 0 aliphatic carbocycles. The molecule has 0 radical (unpaired) electrons. The van der Waals surface area contributed by atoms with Crippen LogP contribution in [0.3, 0.4) is 0 Å². The number of ether oxygens (including phenoxy) is 1. The molecule has 0 fully saturated rings. The number of carbonyl (C=O) groups is 1. The lowest BCUT2D eigenvalue weighted by atomic mass is 10.3. The van der Waals surface area contributed by atoms with Crippen molar-refractivity contribution in [2.75, 3.05) is 13.7 Å². The lowest BCUT2D eigenvalue weighted by Gasteiger charge is -2.01. The van der Waals surface area contributed by atoms with Crippen molar-refractivity contribution in [3.05, 3.63) is 16.1 Å². The monoisotopic (exact) mass is 228 g/mol. The van der Waals surface area contributed by atoms with Crippen LogP contribution in [0.4, 0.5) is 0 Å². The highest BCUT2D eigenvalue weighted by atomic mass is 32.1. The molecule has 0 saturated heterocycles. The Morgan fingerprint density at radius 3 is 3.07 bits per heavy atom. The number of carbonyl (C=O) groups excluding carboxylic acids is 1. The molecule has 0 atom stereocenters. The quantitative estimate of drug-likeness (QED) is 0.592. The first-order chi connectivity index (χ1) is 7.22. The Labute approximate surface area is 93.7 Å². The van der Waals surface area contributed by atoms with E-state index in [1.807, 2.05) is 13.1 Å². The number of aryl methyl sites for hydroxylation is 1. The number of hydrogen-bond donors (Lipinski definition) is 1. The maximum atomic E-state index is 10.8. The topological polar surface area (TPSA) is 51.2 Å². The van der Waals surface area contributed by atoms with Crippen LogP contribution in [0.5, 0.6) is 0 Å². The average molecular weight is 228 g/mol. The van der Waals surface area contributed by atoms with E-state index in [2.05, 4.69) is 15.0 Å². The van der Waals surface area contributed by atoms with Gasteiger partial charge in [0.25, 0.3) is 0 Å². The Morgan fingerprint density at radius 1 is 1.67 bits per heavy atom. The molecule has 0 bridgehead atoms. The van der Waals surface area contributed by atoms with Crippen LogP contribution in [0.2, 0.25) is 0 Å². The number of nitrogens with zero attached hydrogens (tertiary/aromatic N) is 1. The molecule has 1 N–H and O–H groups in total. The van der Waals surface area contributed by atoms with Crippen LogP contribution in [0.25, 0.3) is 0 Å². The SMILES string of the molecule is COC(=O)CCCNCc1cnc(C)s1. The molecule has 0 aromatic carbocycles.